The van der Waals surface area contributed by atoms with E-state index in [2.05, 4.69) is 18.9 Å². The van der Waals surface area contributed by atoms with E-state index in [0.29, 0.717) is 6.04 Å². The zero-order valence-electron chi connectivity index (χ0n) is 9.13. The number of likely N-dealkylation sites (tertiary alicyclic amines) is 1. The fraction of sp³-hybridized carbons (Fsp3) is 1.00. The van der Waals surface area contributed by atoms with Gasteiger partial charge in [0, 0.05) is 19.7 Å². The molecule has 1 fully saturated rings. The van der Waals surface area contributed by atoms with E-state index >= 15 is 0 Å². The van der Waals surface area contributed by atoms with Gasteiger partial charge >= 0.3 is 0 Å². The van der Waals surface area contributed by atoms with Crippen molar-refractivity contribution in [2.45, 2.75) is 33.2 Å². The Bertz CT molecular complexity index is 106. The number of ether oxygens (including phenoxy) is 1. The number of hydrogen-bond acceptors (Lipinski definition) is 2. The molecule has 12 heavy (non-hydrogen) atoms. The largest absolute Gasteiger partial charge is 0.383 e. The lowest BCUT2D eigenvalue weighted by atomic mass is 10.1. The summed E-state index contributed by atoms with van der Waals surface area (Å²) in [6, 6.07) is 0.667. The number of rotatable bonds is 2. The summed E-state index contributed by atoms with van der Waals surface area (Å²) in [5.74, 6) is 0.852. The molecule has 0 N–H and O–H groups in total. The first-order valence-electron chi connectivity index (χ1n) is 4.93. The van der Waals surface area contributed by atoms with Crippen molar-refractivity contribution in [3.05, 3.63) is 0 Å². The summed E-state index contributed by atoms with van der Waals surface area (Å²) in [6.07, 6.45) is 1.30. The molecule has 0 aromatic rings. The molecule has 2 atom stereocenters. The molecular formula is C10H23NO. The van der Waals surface area contributed by atoms with E-state index in [9.17, 15) is 0 Å². The van der Waals surface area contributed by atoms with Crippen LogP contribution in [0.3, 0.4) is 0 Å². The normalized spacial score (nSPS) is 29.8. The third-order valence-corrected chi connectivity index (χ3v) is 2.26. The molecule has 2 nitrogen and oxygen atoms in total. The van der Waals surface area contributed by atoms with E-state index in [1.165, 1.54) is 13.0 Å². The topological polar surface area (TPSA) is 12.5 Å². The predicted molar refractivity (Wildman–Crippen MR) is 53.4 cm³/mol. The molecule has 0 aromatic heterocycles. The highest BCUT2D eigenvalue weighted by Crippen LogP contribution is 2.20. The molecule has 0 bridgehead atoms. The lowest BCUT2D eigenvalue weighted by molar-refractivity contribution is 0.129. The van der Waals surface area contributed by atoms with Crippen LogP contribution in [0, 0.1) is 5.92 Å². The van der Waals surface area contributed by atoms with Gasteiger partial charge in [0.05, 0.1) is 6.61 Å². The van der Waals surface area contributed by atoms with Crippen LogP contribution in [0.15, 0.2) is 0 Å². The molecule has 0 saturated carbocycles. The van der Waals surface area contributed by atoms with Crippen molar-refractivity contribution in [3.63, 3.8) is 0 Å². The predicted octanol–water partition coefficient (Wildman–Crippen LogP) is 2.00. The molecule has 0 aliphatic carbocycles. The van der Waals surface area contributed by atoms with E-state index in [0.717, 1.165) is 12.5 Å². The number of hydrogen-bond donors (Lipinski definition) is 0. The zero-order valence-corrected chi connectivity index (χ0v) is 9.13. The lowest BCUT2D eigenvalue weighted by Gasteiger charge is -2.17. The van der Waals surface area contributed by atoms with Crippen LogP contribution in [0.2, 0.25) is 0 Å². The molecule has 0 radical (unpaired) electrons. The summed E-state index contributed by atoms with van der Waals surface area (Å²) in [6.45, 7) is 8.42. The summed E-state index contributed by atoms with van der Waals surface area (Å²) >= 11 is 0. The van der Waals surface area contributed by atoms with Gasteiger partial charge in [-0.1, -0.05) is 20.8 Å². The number of methoxy groups -OCH3 is 1. The molecule has 1 rings (SSSR count). The molecular weight excluding hydrogens is 150 g/mol. The zero-order chi connectivity index (χ0) is 9.56. The fourth-order valence-corrected chi connectivity index (χ4v) is 1.75. The first-order valence-corrected chi connectivity index (χ1v) is 4.93. The van der Waals surface area contributed by atoms with Crippen LogP contribution in [0.4, 0.5) is 0 Å². The van der Waals surface area contributed by atoms with Gasteiger partial charge < -0.3 is 9.64 Å². The Morgan fingerprint density at radius 1 is 1.42 bits per heavy atom. The molecule has 1 aliphatic heterocycles. The second-order valence-corrected chi connectivity index (χ2v) is 3.39. The minimum absolute atomic E-state index is 0.667. The maximum Gasteiger partial charge on any atom is 0.0618 e. The van der Waals surface area contributed by atoms with Crippen molar-refractivity contribution in [2.24, 2.45) is 5.92 Å². The summed E-state index contributed by atoms with van der Waals surface area (Å²) in [4.78, 5) is 2.38. The smallest absolute Gasteiger partial charge is 0.0618 e. The van der Waals surface area contributed by atoms with Gasteiger partial charge in [-0.05, 0) is 19.4 Å². The van der Waals surface area contributed by atoms with E-state index in [1.54, 1.807) is 7.11 Å². The van der Waals surface area contributed by atoms with Gasteiger partial charge in [0.25, 0.3) is 0 Å². The molecule has 1 saturated heterocycles. The highest BCUT2D eigenvalue weighted by atomic mass is 16.5. The van der Waals surface area contributed by atoms with Crippen LogP contribution in [0.25, 0.3) is 0 Å². The Morgan fingerprint density at radius 3 is 2.33 bits per heavy atom. The standard InChI is InChI=1S/C8H17NO.C2H6/c1-7-4-8(6-10-3)9(2)5-7;1-2/h7-8H,4-6H2,1-3H3;1-2H3. The third-order valence-electron chi connectivity index (χ3n) is 2.26. The third kappa shape index (κ3) is 3.55. The van der Waals surface area contributed by atoms with E-state index < -0.39 is 0 Å². The lowest BCUT2D eigenvalue weighted by Crippen LogP contribution is -2.28. The second kappa shape index (κ2) is 6.44. The minimum Gasteiger partial charge on any atom is -0.383 e. The Morgan fingerprint density at radius 2 is 2.00 bits per heavy atom. The monoisotopic (exact) mass is 173 g/mol. The molecule has 0 amide bonds. The van der Waals surface area contributed by atoms with Gasteiger partial charge in [0.1, 0.15) is 0 Å². The number of nitrogens with zero attached hydrogens (tertiary/aromatic N) is 1. The van der Waals surface area contributed by atoms with Gasteiger partial charge in [-0.15, -0.1) is 0 Å². The van der Waals surface area contributed by atoms with Crippen molar-refractivity contribution in [2.75, 3.05) is 27.3 Å². The maximum atomic E-state index is 5.10. The van der Waals surface area contributed by atoms with Crippen molar-refractivity contribution in [1.82, 2.24) is 4.90 Å². The quantitative estimate of drug-likeness (QED) is 0.633. The van der Waals surface area contributed by atoms with Gasteiger partial charge in [0.15, 0.2) is 0 Å². The average molecular weight is 173 g/mol. The summed E-state index contributed by atoms with van der Waals surface area (Å²) in [5.41, 5.74) is 0. The fourth-order valence-electron chi connectivity index (χ4n) is 1.75. The molecule has 1 heterocycles. The average Bonchev–Trinajstić information content (AvgIpc) is 2.35. The Hall–Kier alpha value is -0.0800. The highest BCUT2D eigenvalue weighted by molar-refractivity contribution is 4.80. The molecule has 2 unspecified atom stereocenters. The van der Waals surface area contributed by atoms with Crippen molar-refractivity contribution in [1.29, 1.82) is 0 Å². The minimum atomic E-state index is 0.667. The van der Waals surface area contributed by atoms with E-state index in [4.69, 9.17) is 4.74 Å². The molecule has 1 aliphatic rings. The van der Waals surface area contributed by atoms with E-state index in [-0.39, 0.29) is 0 Å². The Labute approximate surface area is 76.9 Å². The van der Waals surface area contributed by atoms with Crippen molar-refractivity contribution < 1.29 is 4.74 Å². The molecule has 0 aromatic carbocycles. The van der Waals surface area contributed by atoms with Crippen LogP contribution in [0.5, 0.6) is 0 Å². The van der Waals surface area contributed by atoms with Crippen LogP contribution in [-0.4, -0.2) is 38.3 Å². The Kier molecular flexibility index (Phi) is 6.39. The molecule has 74 valence electrons. The van der Waals surface area contributed by atoms with Gasteiger partial charge in [-0.3, -0.25) is 0 Å². The number of likely N-dealkylation sites (N-methyl/N-ethyl adjacent to an activating group) is 1. The molecule has 0 spiro atoms. The molecule has 2 heteroatoms. The van der Waals surface area contributed by atoms with Crippen LogP contribution in [-0.2, 0) is 4.74 Å². The SMILES string of the molecule is CC.COCC1CC(C)CN1C. The van der Waals surface area contributed by atoms with Crippen molar-refractivity contribution >= 4 is 0 Å². The second-order valence-electron chi connectivity index (χ2n) is 3.39. The summed E-state index contributed by atoms with van der Waals surface area (Å²) in [7, 11) is 3.95. The maximum absolute atomic E-state index is 5.10. The Balaban J connectivity index is 0.000000561. The van der Waals surface area contributed by atoms with Crippen molar-refractivity contribution in [3.8, 4) is 0 Å². The van der Waals surface area contributed by atoms with Gasteiger partial charge in [-0.25, -0.2) is 0 Å². The van der Waals surface area contributed by atoms with Crippen LogP contribution < -0.4 is 0 Å². The first-order chi connectivity index (χ1) is 5.74. The van der Waals surface area contributed by atoms with E-state index in [1.807, 2.05) is 13.8 Å². The van der Waals surface area contributed by atoms with Crippen LogP contribution >= 0.6 is 0 Å². The summed E-state index contributed by atoms with van der Waals surface area (Å²) in [5, 5.41) is 0. The van der Waals surface area contributed by atoms with Gasteiger partial charge in [-0.2, -0.15) is 0 Å². The van der Waals surface area contributed by atoms with Gasteiger partial charge in [0.2, 0.25) is 0 Å². The first kappa shape index (κ1) is 11.9. The summed E-state index contributed by atoms with van der Waals surface area (Å²) < 4.78 is 5.10. The van der Waals surface area contributed by atoms with Crippen LogP contribution in [0.1, 0.15) is 27.2 Å². The highest BCUT2D eigenvalue weighted by Gasteiger charge is 2.25.